The molecule has 1 aromatic rings. The van der Waals surface area contributed by atoms with E-state index < -0.39 is 30.0 Å². The predicted molar refractivity (Wildman–Crippen MR) is 79.3 cm³/mol. The number of hydrogen-bond acceptors (Lipinski definition) is 2. The van der Waals surface area contributed by atoms with E-state index in [9.17, 15) is 14.0 Å². The molecular weight excluding hydrogens is 297 g/mol. The largest absolute Gasteiger partial charge is 0.480 e. The molecule has 0 saturated heterocycles. The summed E-state index contributed by atoms with van der Waals surface area (Å²) in [6, 6.07) is 5.30. The van der Waals surface area contributed by atoms with Crippen molar-refractivity contribution < 1.29 is 19.1 Å². The molecule has 0 aliphatic carbocycles. The highest BCUT2D eigenvalue weighted by molar-refractivity contribution is 6.30. The van der Waals surface area contributed by atoms with Gasteiger partial charge in [-0.05, 0) is 30.5 Å². The Hall–Kier alpha value is -1.62. The van der Waals surface area contributed by atoms with Crippen LogP contribution in [0.5, 0.6) is 0 Å². The lowest BCUT2D eigenvalue weighted by Crippen LogP contribution is -2.51. The molecule has 0 spiro atoms. The minimum absolute atomic E-state index is 0.468. The molecule has 0 aromatic heterocycles. The molecule has 0 fully saturated rings. The number of amides is 1. The van der Waals surface area contributed by atoms with Crippen molar-refractivity contribution >= 4 is 23.5 Å². The first-order chi connectivity index (χ1) is 9.91. The third kappa shape index (κ3) is 3.73. The average molecular weight is 316 g/mol. The number of aliphatic carboxylic acids is 1. The van der Waals surface area contributed by atoms with Gasteiger partial charge >= 0.3 is 5.97 Å². The average Bonchev–Trinajstić information content (AvgIpc) is 2.47. The fraction of sp³-hybridized carbons (Fsp3) is 0.467. The van der Waals surface area contributed by atoms with Gasteiger partial charge in [0.1, 0.15) is 6.67 Å². The second-order valence-corrected chi connectivity index (χ2v) is 5.25. The molecule has 1 unspecified atom stereocenters. The molecule has 0 radical (unpaired) electrons. The number of carboxylic acids is 1. The van der Waals surface area contributed by atoms with Gasteiger partial charge in [-0.25, -0.2) is 9.18 Å². The lowest BCUT2D eigenvalue weighted by Gasteiger charge is -2.32. The number of benzene rings is 1. The molecule has 2 N–H and O–H groups in total. The molecule has 0 aliphatic rings. The fourth-order valence-corrected chi connectivity index (χ4v) is 2.47. The summed E-state index contributed by atoms with van der Waals surface area (Å²) in [5.74, 6) is -1.87. The summed E-state index contributed by atoms with van der Waals surface area (Å²) in [5.41, 5.74) is -0.162. The maximum atomic E-state index is 12.7. The van der Waals surface area contributed by atoms with Crippen LogP contribution in [-0.4, -0.2) is 29.7 Å². The van der Waals surface area contributed by atoms with E-state index in [0.717, 1.165) is 5.56 Å². The maximum Gasteiger partial charge on any atom is 0.328 e. The third-order valence-corrected chi connectivity index (χ3v) is 4.05. The third-order valence-electron chi connectivity index (χ3n) is 3.80. The summed E-state index contributed by atoms with van der Waals surface area (Å²) in [7, 11) is 0. The van der Waals surface area contributed by atoms with Crippen molar-refractivity contribution in [3.8, 4) is 0 Å². The summed E-state index contributed by atoms with van der Waals surface area (Å²) in [5, 5.41) is 11.7. The van der Waals surface area contributed by atoms with Gasteiger partial charge in [-0.2, -0.15) is 0 Å². The quantitative estimate of drug-likeness (QED) is 0.813. The van der Waals surface area contributed by atoms with Gasteiger partial charge in [0.15, 0.2) is 6.04 Å². The summed E-state index contributed by atoms with van der Waals surface area (Å²) in [4.78, 5) is 23.4. The number of hydrogen-bond donors (Lipinski definition) is 2. The van der Waals surface area contributed by atoms with E-state index in [2.05, 4.69) is 5.32 Å². The van der Waals surface area contributed by atoms with Crippen LogP contribution in [-0.2, 0) is 15.0 Å². The summed E-state index contributed by atoms with van der Waals surface area (Å²) < 4.78 is 12.7. The van der Waals surface area contributed by atoms with Crippen LogP contribution in [0.4, 0.5) is 4.39 Å². The number of halogens is 2. The van der Waals surface area contributed by atoms with Crippen molar-refractivity contribution in [2.75, 3.05) is 6.67 Å². The molecular formula is C15H19ClFNO3. The van der Waals surface area contributed by atoms with Crippen molar-refractivity contribution in [3.63, 3.8) is 0 Å². The molecule has 0 bridgehead atoms. The van der Waals surface area contributed by atoms with E-state index in [-0.39, 0.29) is 0 Å². The monoisotopic (exact) mass is 315 g/mol. The van der Waals surface area contributed by atoms with Crippen molar-refractivity contribution in [2.24, 2.45) is 0 Å². The molecule has 1 amide bonds. The second kappa shape index (κ2) is 7.41. The molecule has 6 heteroatoms. The topological polar surface area (TPSA) is 66.4 Å². The van der Waals surface area contributed by atoms with E-state index in [4.69, 9.17) is 16.7 Å². The van der Waals surface area contributed by atoms with Crippen molar-refractivity contribution in [2.45, 2.75) is 38.1 Å². The second-order valence-electron chi connectivity index (χ2n) is 4.81. The number of carbonyl (C=O) groups is 2. The smallest absolute Gasteiger partial charge is 0.328 e. The highest BCUT2D eigenvalue weighted by atomic mass is 35.5. The molecule has 0 heterocycles. The molecule has 4 nitrogen and oxygen atoms in total. The van der Waals surface area contributed by atoms with Crippen molar-refractivity contribution in [1.82, 2.24) is 5.32 Å². The number of alkyl halides is 1. The fourth-order valence-electron chi connectivity index (χ4n) is 2.34. The first-order valence-electron chi connectivity index (χ1n) is 6.77. The first-order valence-corrected chi connectivity index (χ1v) is 7.14. The number of carboxylic acid groups (broad SMARTS) is 1. The zero-order valence-electron chi connectivity index (χ0n) is 12.0. The molecule has 1 rings (SSSR count). The highest BCUT2D eigenvalue weighted by Gasteiger charge is 2.38. The summed E-state index contributed by atoms with van der Waals surface area (Å²) in [6.07, 6.45) is 0.936. The summed E-state index contributed by atoms with van der Waals surface area (Å²) >= 11 is 5.85. The number of nitrogens with one attached hydrogen (secondary N) is 1. The van der Waals surface area contributed by atoms with Gasteiger partial charge in [-0.3, -0.25) is 4.79 Å². The molecule has 21 heavy (non-hydrogen) atoms. The Morgan fingerprint density at radius 2 is 1.81 bits per heavy atom. The van der Waals surface area contributed by atoms with Gasteiger partial charge in [-0.15, -0.1) is 0 Å². The van der Waals surface area contributed by atoms with E-state index in [1.54, 1.807) is 24.3 Å². The van der Waals surface area contributed by atoms with Crippen LogP contribution in [0.3, 0.4) is 0 Å². The highest BCUT2D eigenvalue weighted by Crippen LogP contribution is 2.33. The van der Waals surface area contributed by atoms with Crippen LogP contribution in [0, 0.1) is 0 Å². The number of rotatable bonds is 7. The molecule has 116 valence electrons. The SMILES string of the molecule is CCC(CC)(C(=O)NC(CF)C(=O)O)c1ccc(Cl)cc1. The molecule has 1 aromatic carbocycles. The minimum Gasteiger partial charge on any atom is -0.480 e. The van der Waals surface area contributed by atoms with E-state index in [1.165, 1.54) is 0 Å². The van der Waals surface area contributed by atoms with Crippen LogP contribution in [0.2, 0.25) is 5.02 Å². The van der Waals surface area contributed by atoms with Crippen LogP contribution in [0.1, 0.15) is 32.3 Å². The van der Waals surface area contributed by atoms with Crippen LogP contribution in [0.25, 0.3) is 0 Å². The Bertz CT molecular complexity index is 500. The van der Waals surface area contributed by atoms with E-state index in [1.807, 2.05) is 13.8 Å². The van der Waals surface area contributed by atoms with Gasteiger partial charge < -0.3 is 10.4 Å². The van der Waals surface area contributed by atoms with E-state index >= 15 is 0 Å². The van der Waals surface area contributed by atoms with Gasteiger partial charge in [-0.1, -0.05) is 37.6 Å². The maximum absolute atomic E-state index is 12.7. The number of carbonyl (C=O) groups excluding carboxylic acids is 1. The van der Waals surface area contributed by atoms with E-state index in [0.29, 0.717) is 17.9 Å². The standard InChI is InChI=1S/C15H19ClFNO3/c1-3-15(4-2,10-5-7-11(16)8-6-10)14(21)18-12(9-17)13(19)20/h5-8,12H,3-4,9H2,1-2H3,(H,18,21)(H,19,20). The Balaban J connectivity index is 3.12. The Kier molecular flexibility index (Phi) is 6.15. The van der Waals surface area contributed by atoms with Crippen LogP contribution >= 0.6 is 11.6 Å². The van der Waals surface area contributed by atoms with Gasteiger partial charge in [0.25, 0.3) is 0 Å². The van der Waals surface area contributed by atoms with Crippen molar-refractivity contribution in [3.05, 3.63) is 34.9 Å². The van der Waals surface area contributed by atoms with Crippen LogP contribution in [0.15, 0.2) is 24.3 Å². The zero-order chi connectivity index (χ0) is 16.0. The van der Waals surface area contributed by atoms with Gasteiger partial charge in [0.05, 0.1) is 5.41 Å². The van der Waals surface area contributed by atoms with Crippen molar-refractivity contribution in [1.29, 1.82) is 0 Å². The minimum atomic E-state index is -1.53. The zero-order valence-corrected chi connectivity index (χ0v) is 12.8. The van der Waals surface area contributed by atoms with Gasteiger partial charge in [0.2, 0.25) is 5.91 Å². The first kappa shape index (κ1) is 17.4. The Morgan fingerprint density at radius 3 is 2.19 bits per heavy atom. The Labute approximate surface area is 128 Å². The lowest BCUT2D eigenvalue weighted by molar-refractivity contribution is -0.143. The van der Waals surface area contributed by atoms with Gasteiger partial charge in [0, 0.05) is 5.02 Å². The molecule has 1 atom stereocenters. The van der Waals surface area contributed by atoms with Crippen LogP contribution < -0.4 is 5.32 Å². The Morgan fingerprint density at radius 1 is 1.29 bits per heavy atom. The summed E-state index contributed by atoms with van der Waals surface area (Å²) in [6.45, 7) is 2.52. The normalized spacial score (nSPS) is 12.8. The predicted octanol–water partition coefficient (Wildman–Crippen LogP) is 2.94. The molecule has 0 saturated carbocycles. The lowest BCUT2D eigenvalue weighted by atomic mass is 9.75. The molecule has 0 aliphatic heterocycles.